The van der Waals surface area contributed by atoms with Gasteiger partial charge in [0.15, 0.2) is 5.96 Å². The highest BCUT2D eigenvalue weighted by atomic mass is 16.5. The van der Waals surface area contributed by atoms with Crippen LogP contribution in [0.2, 0.25) is 0 Å². The fourth-order valence-corrected chi connectivity index (χ4v) is 3.07. The van der Waals surface area contributed by atoms with E-state index in [1.54, 1.807) is 0 Å². The first-order chi connectivity index (χ1) is 14.8. The van der Waals surface area contributed by atoms with E-state index in [0.717, 1.165) is 36.5 Å². The lowest BCUT2D eigenvalue weighted by molar-refractivity contribution is -0.122. The first kappa shape index (κ1) is 21.8. The molecular weight excluding hydrogens is 376 g/mol. The highest BCUT2D eigenvalue weighted by Gasteiger charge is 2.28. The van der Waals surface area contributed by atoms with Gasteiger partial charge in [-0.15, -0.1) is 0 Å². The van der Waals surface area contributed by atoms with Gasteiger partial charge in [0.1, 0.15) is 0 Å². The van der Waals surface area contributed by atoms with Crippen LogP contribution in [0.5, 0.6) is 0 Å². The average Bonchev–Trinajstić information content (AvgIpc) is 3.62. The van der Waals surface area contributed by atoms with Crippen LogP contribution in [0.1, 0.15) is 36.5 Å². The van der Waals surface area contributed by atoms with Crippen LogP contribution in [0, 0.1) is 5.92 Å². The second-order valence-electron chi connectivity index (χ2n) is 7.43. The predicted molar refractivity (Wildman–Crippen MR) is 120 cm³/mol. The summed E-state index contributed by atoms with van der Waals surface area (Å²) in [6, 6.07) is 18.4. The van der Waals surface area contributed by atoms with E-state index in [1.165, 1.54) is 5.56 Å². The van der Waals surface area contributed by atoms with Gasteiger partial charge in [0.2, 0.25) is 5.91 Å². The first-order valence-electron chi connectivity index (χ1n) is 10.7. The van der Waals surface area contributed by atoms with E-state index in [0.29, 0.717) is 32.8 Å². The Bertz CT molecular complexity index is 819. The summed E-state index contributed by atoms with van der Waals surface area (Å²) in [7, 11) is 0. The predicted octanol–water partition coefficient (Wildman–Crippen LogP) is 2.98. The summed E-state index contributed by atoms with van der Waals surface area (Å²) in [6.45, 7) is 5.77. The van der Waals surface area contributed by atoms with Crippen molar-refractivity contribution in [3.05, 3.63) is 71.3 Å². The molecule has 1 fully saturated rings. The molecule has 3 N–H and O–H groups in total. The van der Waals surface area contributed by atoms with Crippen LogP contribution in [0.25, 0.3) is 0 Å². The summed E-state index contributed by atoms with van der Waals surface area (Å²) < 4.78 is 5.91. The topological polar surface area (TPSA) is 74.8 Å². The van der Waals surface area contributed by atoms with E-state index in [-0.39, 0.29) is 11.8 Å². The van der Waals surface area contributed by atoms with Crippen molar-refractivity contribution < 1.29 is 9.53 Å². The van der Waals surface area contributed by atoms with Gasteiger partial charge in [-0.05, 0) is 36.5 Å². The molecule has 1 aliphatic carbocycles. The van der Waals surface area contributed by atoms with Crippen LogP contribution < -0.4 is 16.0 Å². The van der Waals surface area contributed by atoms with Crippen molar-refractivity contribution in [2.75, 3.05) is 19.6 Å². The van der Waals surface area contributed by atoms with Gasteiger partial charge in [-0.1, -0.05) is 54.6 Å². The molecule has 0 atom stereocenters. The molecule has 160 valence electrons. The molecule has 1 amide bonds. The second kappa shape index (κ2) is 12.0. The molecule has 6 heteroatoms. The number of nitrogens with one attached hydrogen (secondary N) is 3. The summed E-state index contributed by atoms with van der Waals surface area (Å²) in [5.41, 5.74) is 3.45. The van der Waals surface area contributed by atoms with Crippen LogP contribution >= 0.6 is 0 Å². The van der Waals surface area contributed by atoms with Crippen LogP contribution in [-0.4, -0.2) is 31.5 Å². The molecule has 0 aromatic heterocycles. The van der Waals surface area contributed by atoms with E-state index in [4.69, 9.17) is 9.73 Å². The Balaban J connectivity index is 1.48. The van der Waals surface area contributed by atoms with Gasteiger partial charge in [-0.2, -0.15) is 0 Å². The molecule has 0 unspecified atom stereocenters. The second-order valence-corrected chi connectivity index (χ2v) is 7.43. The zero-order valence-corrected chi connectivity index (χ0v) is 17.7. The van der Waals surface area contributed by atoms with Gasteiger partial charge >= 0.3 is 0 Å². The highest BCUT2D eigenvalue weighted by Crippen LogP contribution is 2.28. The minimum Gasteiger partial charge on any atom is -0.372 e. The molecule has 0 spiro atoms. The number of ether oxygens (including phenoxy) is 1. The number of carbonyl (C=O) groups excluding carboxylic acids is 1. The number of rotatable bonds is 11. The maximum absolute atomic E-state index is 11.7. The molecule has 2 aromatic carbocycles. The van der Waals surface area contributed by atoms with Gasteiger partial charge in [-0.3, -0.25) is 4.79 Å². The molecule has 30 heavy (non-hydrogen) atoms. The summed E-state index contributed by atoms with van der Waals surface area (Å²) in [5, 5.41) is 9.50. The molecular formula is C24H32N4O2. The smallest absolute Gasteiger partial charge is 0.223 e. The monoisotopic (exact) mass is 408 g/mol. The molecule has 6 nitrogen and oxygen atoms in total. The number of nitrogens with zero attached hydrogens (tertiary/aromatic N) is 1. The molecule has 0 radical (unpaired) electrons. The van der Waals surface area contributed by atoms with Crippen molar-refractivity contribution in [2.45, 2.75) is 39.5 Å². The third kappa shape index (κ3) is 7.52. The molecule has 1 aliphatic rings. The van der Waals surface area contributed by atoms with Crippen LogP contribution in [0.3, 0.4) is 0 Å². The standard InChI is InChI=1S/C24H32N4O2/c1-2-25-24(27-15-14-26-23(29)20-12-13-20)28-16-21-10-6-7-11-22(21)18-30-17-19-8-4-3-5-9-19/h3-11,20H,2,12-18H2,1H3,(H,26,29)(H2,25,27,28). The van der Waals surface area contributed by atoms with Gasteiger partial charge < -0.3 is 20.7 Å². The number of benzene rings is 2. The Hall–Kier alpha value is -2.86. The molecule has 0 bridgehead atoms. The van der Waals surface area contributed by atoms with Crippen molar-refractivity contribution in [3.63, 3.8) is 0 Å². The molecule has 1 saturated carbocycles. The summed E-state index contributed by atoms with van der Waals surface area (Å²) in [4.78, 5) is 16.4. The average molecular weight is 409 g/mol. The van der Waals surface area contributed by atoms with Gasteiger partial charge in [0, 0.05) is 25.6 Å². The van der Waals surface area contributed by atoms with E-state index >= 15 is 0 Å². The van der Waals surface area contributed by atoms with E-state index in [2.05, 4.69) is 40.2 Å². The van der Waals surface area contributed by atoms with Crippen molar-refractivity contribution in [1.82, 2.24) is 16.0 Å². The highest BCUT2D eigenvalue weighted by molar-refractivity contribution is 5.81. The van der Waals surface area contributed by atoms with Gasteiger partial charge in [0.25, 0.3) is 0 Å². The lowest BCUT2D eigenvalue weighted by atomic mass is 10.1. The van der Waals surface area contributed by atoms with Crippen molar-refractivity contribution in [1.29, 1.82) is 0 Å². The van der Waals surface area contributed by atoms with Crippen molar-refractivity contribution >= 4 is 11.9 Å². The molecule has 0 saturated heterocycles. The van der Waals surface area contributed by atoms with E-state index < -0.39 is 0 Å². The van der Waals surface area contributed by atoms with Gasteiger partial charge in [-0.25, -0.2) is 4.99 Å². The number of aliphatic imine (C=N–C) groups is 1. The molecule has 0 heterocycles. The quantitative estimate of drug-likeness (QED) is 0.304. The maximum atomic E-state index is 11.7. The Morgan fingerprint density at radius 1 is 0.933 bits per heavy atom. The number of hydrogen-bond donors (Lipinski definition) is 3. The zero-order chi connectivity index (χ0) is 21.0. The van der Waals surface area contributed by atoms with E-state index in [1.807, 2.05) is 37.3 Å². The van der Waals surface area contributed by atoms with Gasteiger partial charge in [0.05, 0.1) is 19.8 Å². The molecule has 0 aliphatic heterocycles. The van der Waals surface area contributed by atoms with Crippen LogP contribution in [-0.2, 0) is 29.3 Å². The lowest BCUT2D eigenvalue weighted by Gasteiger charge is -2.13. The van der Waals surface area contributed by atoms with Crippen LogP contribution in [0.4, 0.5) is 0 Å². The fraction of sp³-hybridized carbons (Fsp3) is 0.417. The third-order valence-corrected chi connectivity index (χ3v) is 4.90. The number of carbonyl (C=O) groups is 1. The summed E-state index contributed by atoms with van der Waals surface area (Å²) in [5.74, 6) is 1.16. The van der Waals surface area contributed by atoms with Crippen molar-refractivity contribution in [2.24, 2.45) is 10.9 Å². The Kier molecular flexibility index (Phi) is 8.72. The first-order valence-corrected chi connectivity index (χ1v) is 10.7. The number of guanidine groups is 1. The fourth-order valence-electron chi connectivity index (χ4n) is 3.07. The maximum Gasteiger partial charge on any atom is 0.223 e. The van der Waals surface area contributed by atoms with E-state index in [9.17, 15) is 4.79 Å². The minimum atomic E-state index is 0.170. The number of amides is 1. The Morgan fingerprint density at radius 3 is 2.37 bits per heavy atom. The van der Waals surface area contributed by atoms with Crippen molar-refractivity contribution in [3.8, 4) is 0 Å². The molecule has 3 rings (SSSR count). The number of hydrogen-bond acceptors (Lipinski definition) is 3. The zero-order valence-electron chi connectivity index (χ0n) is 17.7. The summed E-state index contributed by atoms with van der Waals surface area (Å²) in [6.07, 6.45) is 2.05. The van der Waals surface area contributed by atoms with Crippen LogP contribution in [0.15, 0.2) is 59.6 Å². The SMILES string of the molecule is CCNC(=NCc1ccccc1COCc1ccccc1)NCCNC(=O)C1CC1. The molecule has 2 aromatic rings. The Morgan fingerprint density at radius 2 is 1.63 bits per heavy atom. The largest absolute Gasteiger partial charge is 0.372 e. The Labute approximate surface area is 179 Å². The lowest BCUT2D eigenvalue weighted by Crippen LogP contribution is -2.41. The minimum absolute atomic E-state index is 0.170. The normalized spacial score (nSPS) is 13.7. The summed E-state index contributed by atoms with van der Waals surface area (Å²) >= 11 is 0. The third-order valence-electron chi connectivity index (χ3n) is 4.90.